The lowest BCUT2D eigenvalue weighted by Gasteiger charge is -2.10. The van der Waals surface area contributed by atoms with Gasteiger partial charge in [0.2, 0.25) is 0 Å². The molecule has 0 atom stereocenters. The van der Waals surface area contributed by atoms with Crippen LogP contribution in [-0.4, -0.2) is 18.0 Å². The number of halogens is 1. The highest BCUT2D eigenvalue weighted by Gasteiger charge is 2.13. The maximum Gasteiger partial charge on any atom is 0.274 e. The first-order valence-electron chi connectivity index (χ1n) is 7.65. The Kier molecular flexibility index (Phi) is 4.67. The molecular weight excluding hydrogens is 324 g/mol. The van der Waals surface area contributed by atoms with Crippen molar-refractivity contribution in [3.05, 3.63) is 64.8 Å². The summed E-state index contributed by atoms with van der Waals surface area (Å²) in [4.78, 5) is 17.0. The van der Waals surface area contributed by atoms with Gasteiger partial charge >= 0.3 is 0 Å². The van der Waals surface area contributed by atoms with E-state index in [4.69, 9.17) is 16.3 Å². The van der Waals surface area contributed by atoms with Crippen molar-refractivity contribution in [3.63, 3.8) is 0 Å². The molecule has 2 aromatic carbocycles. The zero-order valence-corrected chi connectivity index (χ0v) is 14.2. The summed E-state index contributed by atoms with van der Waals surface area (Å²) in [7, 11) is 1.56. The number of benzene rings is 2. The second-order valence-corrected chi connectivity index (χ2v) is 5.82. The van der Waals surface area contributed by atoms with E-state index >= 15 is 0 Å². The van der Waals surface area contributed by atoms with Gasteiger partial charge in [-0.2, -0.15) is 0 Å². The molecule has 0 spiro atoms. The Labute approximate surface area is 145 Å². The largest absolute Gasteiger partial charge is 0.496 e. The average Bonchev–Trinajstić information content (AvgIpc) is 2.60. The number of aromatic nitrogens is 1. The number of amides is 1. The van der Waals surface area contributed by atoms with Gasteiger partial charge in [-0.25, -0.2) is 4.98 Å². The number of methoxy groups -OCH3 is 1. The van der Waals surface area contributed by atoms with Crippen LogP contribution in [0.25, 0.3) is 10.9 Å². The van der Waals surface area contributed by atoms with E-state index in [0.717, 1.165) is 23.1 Å². The molecule has 1 amide bonds. The third kappa shape index (κ3) is 3.34. The summed E-state index contributed by atoms with van der Waals surface area (Å²) < 4.78 is 5.38. The van der Waals surface area contributed by atoms with Crippen LogP contribution in [0.15, 0.2) is 48.5 Å². The maximum absolute atomic E-state index is 12.5. The minimum atomic E-state index is -0.279. The van der Waals surface area contributed by atoms with Gasteiger partial charge in [0.1, 0.15) is 11.4 Å². The second-order valence-electron chi connectivity index (χ2n) is 5.38. The number of ether oxygens (including phenoxy) is 1. The van der Waals surface area contributed by atoms with E-state index in [2.05, 4.69) is 17.2 Å². The fraction of sp³-hybridized carbons (Fsp3) is 0.158. The van der Waals surface area contributed by atoms with E-state index in [1.165, 1.54) is 0 Å². The van der Waals surface area contributed by atoms with Gasteiger partial charge in [-0.1, -0.05) is 30.7 Å². The Hall–Kier alpha value is -2.59. The van der Waals surface area contributed by atoms with E-state index in [1.807, 2.05) is 24.3 Å². The third-order valence-corrected chi connectivity index (χ3v) is 4.01. The molecule has 5 heteroatoms. The number of aryl methyl sites for hydroxylation is 1. The number of fused-ring (bicyclic) bond motifs is 1. The first-order valence-corrected chi connectivity index (χ1v) is 8.03. The van der Waals surface area contributed by atoms with Crippen molar-refractivity contribution in [2.45, 2.75) is 13.3 Å². The molecule has 0 bridgehead atoms. The van der Waals surface area contributed by atoms with Crippen LogP contribution in [0.4, 0.5) is 5.69 Å². The van der Waals surface area contributed by atoms with Gasteiger partial charge in [-0.05, 0) is 42.3 Å². The first-order chi connectivity index (χ1) is 11.6. The van der Waals surface area contributed by atoms with Crippen LogP contribution >= 0.6 is 11.6 Å². The van der Waals surface area contributed by atoms with Crippen LogP contribution in [0, 0.1) is 0 Å². The Morgan fingerprint density at radius 3 is 2.79 bits per heavy atom. The Bertz CT molecular complexity index is 909. The smallest absolute Gasteiger partial charge is 0.274 e. The molecule has 0 saturated heterocycles. The van der Waals surface area contributed by atoms with Crippen LogP contribution in [0.3, 0.4) is 0 Å². The van der Waals surface area contributed by atoms with Crippen LogP contribution < -0.4 is 10.1 Å². The molecule has 0 fully saturated rings. The highest BCUT2D eigenvalue weighted by atomic mass is 35.5. The number of hydrogen-bond acceptors (Lipinski definition) is 3. The van der Waals surface area contributed by atoms with Crippen molar-refractivity contribution in [1.29, 1.82) is 0 Å². The molecule has 1 aromatic heterocycles. The minimum Gasteiger partial charge on any atom is -0.496 e. The van der Waals surface area contributed by atoms with Crippen molar-refractivity contribution in [3.8, 4) is 5.75 Å². The summed E-state index contributed by atoms with van der Waals surface area (Å²) in [5.41, 5.74) is 2.86. The lowest BCUT2D eigenvalue weighted by Crippen LogP contribution is -2.14. The number of rotatable bonds is 4. The monoisotopic (exact) mass is 340 g/mol. The van der Waals surface area contributed by atoms with Crippen LogP contribution in [0.5, 0.6) is 5.75 Å². The number of carbonyl (C=O) groups excluding carboxylic acids is 1. The number of anilines is 1. The van der Waals surface area contributed by atoms with Gasteiger partial charge in [0.05, 0.1) is 12.6 Å². The van der Waals surface area contributed by atoms with E-state index in [0.29, 0.717) is 22.0 Å². The number of carbonyl (C=O) groups is 1. The fourth-order valence-electron chi connectivity index (χ4n) is 2.52. The molecule has 0 saturated carbocycles. The molecule has 0 aliphatic heterocycles. The number of pyridine rings is 1. The van der Waals surface area contributed by atoms with Crippen LogP contribution in [-0.2, 0) is 6.42 Å². The van der Waals surface area contributed by atoms with Crippen LogP contribution in [0.2, 0.25) is 5.02 Å². The lowest BCUT2D eigenvalue weighted by molar-refractivity contribution is 0.102. The zero-order valence-electron chi connectivity index (χ0n) is 13.5. The summed E-state index contributed by atoms with van der Waals surface area (Å²) in [5.74, 6) is 0.286. The minimum absolute atomic E-state index is 0.279. The molecule has 3 rings (SSSR count). The lowest BCUT2D eigenvalue weighted by atomic mass is 10.1. The molecule has 0 unspecified atom stereocenters. The molecule has 1 heterocycles. The maximum atomic E-state index is 12.5. The Morgan fingerprint density at radius 1 is 1.21 bits per heavy atom. The predicted octanol–water partition coefficient (Wildman–Crippen LogP) is 4.71. The van der Waals surface area contributed by atoms with E-state index in [9.17, 15) is 4.79 Å². The average molecular weight is 341 g/mol. The standard InChI is InChI=1S/C19H17ClN2O2/c1-3-12-5-4-6-14(9-12)21-19(23)17-11-18(24-2)15-10-13(20)7-8-16(15)22-17/h4-11H,3H2,1-2H3,(H,21,23). The zero-order chi connectivity index (χ0) is 17.1. The van der Waals surface area contributed by atoms with Gasteiger partial charge in [0, 0.05) is 22.2 Å². The topological polar surface area (TPSA) is 51.2 Å². The summed E-state index contributed by atoms with van der Waals surface area (Å²) in [6.45, 7) is 2.07. The molecule has 4 nitrogen and oxygen atoms in total. The molecule has 1 N–H and O–H groups in total. The summed E-state index contributed by atoms with van der Waals surface area (Å²) in [5, 5.41) is 4.24. The third-order valence-electron chi connectivity index (χ3n) is 3.78. The molecule has 0 aliphatic carbocycles. The number of nitrogens with zero attached hydrogens (tertiary/aromatic N) is 1. The van der Waals surface area contributed by atoms with Crippen molar-refractivity contribution < 1.29 is 9.53 Å². The summed E-state index contributed by atoms with van der Waals surface area (Å²) >= 11 is 6.02. The highest BCUT2D eigenvalue weighted by Crippen LogP contribution is 2.28. The molecule has 3 aromatic rings. The second kappa shape index (κ2) is 6.89. The van der Waals surface area contributed by atoms with Crippen LogP contribution in [0.1, 0.15) is 23.0 Å². The van der Waals surface area contributed by atoms with Gasteiger partial charge in [0.25, 0.3) is 5.91 Å². The quantitative estimate of drug-likeness (QED) is 0.748. The first kappa shape index (κ1) is 16.3. The summed E-state index contributed by atoms with van der Waals surface area (Å²) in [6.07, 6.45) is 0.909. The highest BCUT2D eigenvalue weighted by molar-refractivity contribution is 6.31. The fourth-order valence-corrected chi connectivity index (χ4v) is 2.69. The number of nitrogens with one attached hydrogen (secondary N) is 1. The van der Waals surface area contributed by atoms with Crippen molar-refractivity contribution in [1.82, 2.24) is 4.98 Å². The van der Waals surface area contributed by atoms with Gasteiger partial charge < -0.3 is 10.1 Å². The van der Waals surface area contributed by atoms with Crippen molar-refractivity contribution in [2.75, 3.05) is 12.4 Å². The Morgan fingerprint density at radius 2 is 2.04 bits per heavy atom. The van der Waals surface area contributed by atoms with E-state index in [1.54, 1.807) is 31.4 Å². The van der Waals surface area contributed by atoms with E-state index in [-0.39, 0.29) is 5.91 Å². The van der Waals surface area contributed by atoms with Crippen molar-refractivity contribution in [2.24, 2.45) is 0 Å². The number of hydrogen-bond donors (Lipinski definition) is 1. The molecule has 24 heavy (non-hydrogen) atoms. The molecular formula is C19H17ClN2O2. The normalized spacial score (nSPS) is 10.6. The van der Waals surface area contributed by atoms with Gasteiger partial charge in [0.15, 0.2) is 0 Å². The molecule has 0 aliphatic rings. The molecule has 122 valence electrons. The van der Waals surface area contributed by atoms with Gasteiger partial charge in [-0.15, -0.1) is 0 Å². The SMILES string of the molecule is CCc1cccc(NC(=O)c2cc(OC)c3cc(Cl)ccc3n2)c1. The van der Waals surface area contributed by atoms with Crippen molar-refractivity contribution >= 4 is 34.1 Å². The summed E-state index contributed by atoms with van der Waals surface area (Å²) in [6, 6.07) is 14.7. The van der Waals surface area contributed by atoms with Gasteiger partial charge in [-0.3, -0.25) is 4.79 Å². The Balaban J connectivity index is 1.96. The van der Waals surface area contributed by atoms with E-state index < -0.39 is 0 Å². The molecule has 0 radical (unpaired) electrons. The predicted molar refractivity (Wildman–Crippen MR) is 97.1 cm³/mol.